The molecule has 6 heteroatoms. The molecular weight excluding hydrogens is 400 g/mol. The lowest BCUT2D eigenvalue weighted by Crippen LogP contribution is -2.13. The predicted molar refractivity (Wildman–Crippen MR) is 131 cm³/mol. The van der Waals surface area contributed by atoms with E-state index in [0.717, 1.165) is 28.1 Å². The van der Waals surface area contributed by atoms with Gasteiger partial charge in [-0.1, -0.05) is 12.7 Å². The summed E-state index contributed by atoms with van der Waals surface area (Å²) in [6.07, 6.45) is 6.92. The number of ether oxygens (including phenoxy) is 1. The van der Waals surface area contributed by atoms with Crippen LogP contribution in [-0.4, -0.2) is 18.4 Å². The van der Waals surface area contributed by atoms with Gasteiger partial charge in [-0.25, -0.2) is 9.79 Å². The summed E-state index contributed by atoms with van der Waals surface area (Å²) in [5.74, 6) is 0.722. The second-order valence-corrected chi connectivity index (χ2v) is 7.00. The summed E-state index contributed by atoms with van der Waals surface area (Å²) in [6, 6.07) is 13.1. The predicted octanol–water partition coefficient (Wildman–Crippen LogP) is 5.72. The smallest absolute Gasteiger partial charge is 0.330 e. The third kappa shape index (κ3) is 7.29. The largest absolute Gasteiger partial charge is 0.463 e. The number of allylic oxidation sites excluding steroid dienone is 1. The molecule has 0 radical (unpaired) electrons. The number of carbonyl (C=O) groups is 1. The van der Waals surface area contributed by atoms with Gasteiger partial charge in [-0.2, -0.15) is 5.26 Å². The van der Waals surface area contributed by atoms with Crippen molar-refractivity contribution in [2.24, 2.45) is 4.99 Å². The first-order valence-corrected chi connectivity index (χ1v) is 10.3. The van der Waals surface area contributed by atoms with Crippen molar-refractivity contribution in [2.45, 2.75) is 27.7 Å². The van der Waals surface area contributed by atoms with Crippen LogP contribution in [0, 0.1) is 25.2 Å². The zero-order valence-electron chi connectivity index (χ0n) is 18.9. The number of hydrogen-bond acceptors (Lipinski definition) is 5. The Kier molecular flexibility index (Phi) is 9.00. The van der Waals surface area contributed by atoms with E-state index in [1.165, 1.54) is 6.08 Å². The maximum Gasteiger partial charge on any atom is 0.330 e. The molecule has 0 aliphatic carbocycles. The van der Waals surface area contributed by atoms with Crippen molar-refractivity contribution in [2.75, 3.05) is 17.2 Å². The van der Waals surface area contributed by atoms with Gasteiger partial charge in [0.1, 0.15) is 11.7 Å². The minimum Gasteiger partial charge on any atom is -0.463 e. The van der Waals surface area contributed by atoms with Crippen LogP contribution in [0.5, 0.6) is 0 Å². The van der Waals surface area contributed by atoms with Gasteiger partial charge in [-0.15, -0.1) is 0 Å². The lowest BCUT2D eigenvalue weighted by Gasteiger charge is -2.15. The molecular formula is C26H28N4O2. The number of nitrogens with one attached hydrogen (secondary N) is 2. The second kappa shape index (κ2) is 11.9. The number of nitriles is 1. The molecule has 0 aromatic heterocycles. The summed E-state index contributed by atoms with van der Waals surface area (Å²) in [6.45, 7) is 12.0. The maximum atomic E-state index is 11.6. The Morgan fingerprint density at radius 3 is 2.38 bits per heavy atom. The Morgan fingerprint density at radius 2 is 1.81 bits per heavy atom. The first-order valence-electron chi connectivity index (χ1n) is 10.3. The fraction of sp³-hybridized carbons (Fsp3) is 0.192. The first kappa shape index (κ1) is 24.2. The van der Waals surface area contributed by atoms with Gasteiger partial charge < -0.3 is 15.4 Å². The summed E-state index contributed by atoms with van der Waals surface area (Å²) in [5.41, 5.74) is 5.25. The summed E-state index contributed by atoms with van der Waals surface area (Å²) in [7, 11) is 0. The molecule has 0 unspecified atom stereocenters. The number of anilines is 2. The Balaban J connectivity index is 2.19. The van der Waals surface area contributed by atoms with Gasteiger partial charge in [-0.3, -0.25) is 0 Å². The van der Waals surface area contributed by atoms with Crippen molar-refractivity contribution in [3.63, 3.8) is 0 Å². The quantitative estimate of drug-likeness (QED) is 0.243. The SMILES string of the molecule is C=C(/N=C(\C=C/C)Nc1c(C)cc(/C=C/C(=O)OCC)cc1C)Nc1ccc(C#N)cc1. The number of nitrogens with zero attached hydrogens (tertiary/aromatic N) is 2. The second-order valence-electron chi connectivity index (χ2n) is 7.00. The number of esters is 1. The molecule has 0 atom stereocenters. The summed E-state index contributed by atoms with van der Waals surface area (Å²) < 4.78 is 4.93. The number of benzene rings is 2. The van der Waals surface area contributed by atoms with Crippen molar-refractivity contribution < 1.29 is 9.53 Å². The highest BCUT2D eigenvalue weighted by atomic mass is 16.5. The number of aryl methyl sites for hydroxylation is 2. The number of carbonyl (C=O) groups excluding carboxylic acids is 1. The zero-order chi connectivity index (χ0) is 23.5. The highest BCUT2D eigenvalue weighted by Gasteiger charge is 2.07. The van der Waals surface area contributed by atoms with Gasteiger partial charge in [0.15, 0.2) is 0 Å². The van der Waals surface area contributed by atoms with Crippen LogP contribution in [0.1, 0.15) is 36.1 Å². The van der Waals surface area contributed by atoms with Crippen molar-refractivity contribution in [1.82, 2.24) is 0 Å². The van der Waals surface area contributed by atoms with Gasteiger partial charge in [0, 0.05) is 17.5 Å². The standard InChI is InChI=1S/C26H28N4O2/c1-6-8-24(29-20(5)28-23-12-9-21(17-27)10-13-23)30-26-18(3)15-22(16-19(26)4)11-14-25(31)32-7-2/h6,8-16,28H,5,7H2,1-4H3,(H,29,30)/b8-6-,14-11+. The van der Waals surface area contributed by atoms with Crippen LogP contribution in [0.4, 0.5) is 11.4 Å². The fourth-order valence-corrected chi connectivity index (χ4v) is 3.01. The number of rotatable bonds is 8. The van der Waals surface area contributed by atoms with Crippen LogP contribution in [-0.2, 0) is 9.53 Å². The third-order valence-electron chi connectivity index (χ3n) is 4.39. The number of amidine groups is 1. The zero-order valence-corrected chi connectivity index (χ0v) is 18.9. The van der Waals surface area contributed by atoms with Gasteiger partial charge in [0.25, 0.3) is 0 Å². The van der Waals surface area contributed by atoms with E-state index in [2.05, 4.69) is 28.3 Å². The Hall–Kier alpha value is -4.11. The fourth-order valence-electron chi connectivity index (χ4n) is 3.01. The van der Waals surface area contributed by atoms with Crippen LogP contribution in [0.2, 0.25) is 0 Å². The molecule has 2 aromatic carbocycles. The van der Waals surface area contributed by atoms with Crippen molar-refractivity contribution in [3.05, 3.63) is 89.3 Å². The van der Waals surface area contributed by atoms with Gasteiger partial charge >= 0.3 is 5.97 Å². The van der Waals surface area contributed by atoms with E-state index in [9.17, 15) is 4.79 Å². The molecule has 0 aliphatic rings. The van der Waals surface area contributed by atoms with Gasteiger partial charge in [0.05, 0.1) is 18.2 Å². The molecule has 0 aliphatic heterocycles. The highest BCUT2D eigenvalue weighted by Crippen LogP contribution is 2.23. The van der Waals surface area contributed by atoms with E-state index >= 15 is 0 Å². The minimum absolute atomic E-state index is 0.350. The van der Waals surface area contributed by atoms with E-state index in [0.29, 0.717) is 23.8 Å². The molecule has 2 aromatic rings. The molecule has 0 saturated carbocycles. The summed E-state index contributed by atoms with van der Waals surface area (Å²) in [4.78, 5) is 16.1. The van der Waals surface area contributed by atoms with Gasteiger partial charge in [-0.05, 0) is 92.9 Å². The van der Waals surface area contributed by atoms with Crippen molar-refractivity contribution >= 4 is 29.3 Å². The van der Waals surface area contributed by atoms with Crippen LogP contribution in [0.15, 0.2) is 72.0 Å². The normalized spacial score (nSPS) is 11.4. The Bertz CT molecular complexity index is 1080. The van der Waals surface area contributed by atoms with Crippen LogP contribution >= 0.6 is 0 Å². The molecule has 32 heavy (non-hydrogen) atoms. The summed E-state index contributed by atoms with van der Waals surface area (Å²) >= 11 is 0. The molecule has 2 N–H and O–H groups in total. The molecule has 0 heterocycles. The molecule has 0 fully saturated rings. The van der Waals surface area contributed by atoms with E-state index in [1.807, 2.05) is 45.1 Å². The van der Waals surface area contributed by atoms with E-state index in [-0.39, 0.29) is 5.97 Å². The highest BCUT2D eigenvalue weighted by molar-refractivity contribution is 6.05. The average molecular weight is 429 g/mol. The molecule has 0 saturated heterocycles. The molecule has 0 spiro atoms. The van der Waals surface area contributed by atoms with Crippen LogP contribution in [0.3, 0.4) is 0 Å². The molecule has 6 nitrogen and oxygen atoms in total. The summed E-state index contributed by atoms with van der Waals surface area (Å²) in [5, 5.41) is 15.4. The average Bonchev–Trinajstić information content (AvgIpc) is 2.75. The van der Waals surface area contributed by atoms with Crippen molar-refractivity contribution in [3.8, 4) is 6.07 Å². The van der Waals surface area contributed by atoms with Crippen LogP contribution in [0.25, 0.3) is 6.08 Å². The molecule has 0 amide bonds. The molecule has 0 bridgehead atoms. The Morgan fingerprint density at radius 1 is 1.16 bits per heavy atom. The molecule has 2 rings (SSSR count). The topological polar surface area (TPSA) is 86.5 Å². The lowest BCUT2D eigenvalue weighted by atomic mass is 10.0. The van der Waals surface area contributed by atoms with E-state index in [1.54, 1.807) is 37.3 Å². The van der Waals surface area contributed by atoms with Crippen molar-refractivity contribution in [1.29, 1.82) is 5.26 Å². The van der Waals surface area contributed by atoms with Gasteiger partial charge in [0.2, 0.25) is 0 Å². The number of hydrogen-bond donors (Lipinski definition) is 2. The lowest BCUT2D eigenvalue weighted by molar-refractivity contribution is -0.137. The Labute approximate surface area is 189 Å². The number of aliphatic imine (C=N–C) groups is 1. The van der Waals surface area contributed by atoms with E-state index < -0.39 is 0 Å². The first-order chi connectivity index (χ1) is 15.4. The maximum absolute atomic E-state index is 11.6. The van der Waals surface area contributed by atoms with Crippen LogP contribution < -0.4 is 10.6 Å². The molecule has 164 valence electrons. The monoisotopic (exact) mass is 428 g/mol. The van der Waals surface area contributed by atoms with E-state index in [4.69, 9.17) is 10.00 Å². The minimum atomic E-state index is -0.360. The third-order valence-corrected chi connectivity index (χ3v) is 4.39.